The van der Waals surface area contributed by atoms with Crippen LogP contribution >= 0.6 is 11.6 Å². The molecule has 6 rings (SSSR count). The maximum atomic E-state index is 13.6. The zero-order valence-electron chi connectivity index (χ0n) is 20.1. The fourth-order valence-corrected chi connectivity index (χ4v) is 7.47. The number of likely N-dealkylation sites (tertiary alicyclic amines) is 1. The minimum absolute atomic E-state index is 0.122. The van der Waals surface area contributed by atoms with Gasteiger partial charge >= 0.3 is 0 Å². The van der Waals surface area contributed by atoms with Crippen molar-refractivity contribution in [2.45, 2.75) is 30.3 Å². The van der Waals surface area contributed by atoms with E-state index < -0.39 is 15.4 Å². The highest BCUT2D eigenvalue weighted by atomic mass is 35.5. The van der Waals surface area contributed by atoms with Crippen LogP contribution in [0.4, 0.5) is 4.39 Å². The summed E-state index contributed by atoms with van der Waals surface area (Å²) in [6.07, 6.45) is 6.79. The molecule has 2 saturated heterocycles. The van der Waals surface area contributed by atoms with Crippen LogP contribution in [-0.4, -0.2) is 76.3 Å². The molecular formula is C26H27ClFN5O3S. The van der Waals surface area contributed by atoms with Crippen LogP contribution in [0.2, 0.25) is 5.15 Å². The number of aromatic nitrogens is 3. The summed E-state index contributed by atoms with van der Waals surface area (Å²) < 4.78 is 44.1. The van der Waals surface area contributed by atoms with Gasteiger partial charge in [0.05, 0.1) is 23.7 Å². The Morgan fingerprint density at radius 2 is 1.95 bits per heavy atom. The Balaban J connectivity index is 1.37. The second-order valence-electron chi connectivity index (χ2n) is 10.2. The molecule has 1 N–H and O–H groups in total. The number of hydrogen-bond donors (Lipinski definition) is 1. The summed E-state index contributed by atoms with van der Waals surface area (Å²) in [6, 6.07) is 9.20. The van der Waals surface area contributed by atoms with Gasteiger partial charge in [-0.05, 0) is 67.3 Å². The van der Waals surface area contributed by atoms with E-state index in [1.165, 1.54) is 36.0 Å². The molecule has 1 aliphatic carbocycles. The monoisotopic (exact) mass is 543 g/mol. The first kappa shape index (κ1) is 24.7. The first-order valence-corrected chi connectivity index (χ1v) is 14.1. The quantitative estimate of drug-likeness (QED) is 0.497. The van der Waals surface area contributed by atoms with Crippen molar-refractivity contribution in [2.24, 2.45) is 5.41 Å². The van der Waals surface area contributed by atoms with E-state index in [0.717, 1.165) is 23.5 Å². The second kappa shape index (κ2) is 9.28. The molecule has 0 amide bonds. The zero-order valence-corrected chi connectivity index (χ0v) is 21.7. The number of aliphatic hydroxyl groups excluding tert-OH is 1. The average molecular weight is 544 g/mol. The van der Waals surface area contributed by atoms with Crippen LogP contribution in [0.25, 0.3) is 11.8 Å². The van der Waals surface area contributed by atoms with E-state index in [0.29, 0.717) is 45.4 Å². The van der Waals surface area contributed by atoms with Crippen molar-refractivity contribution in [3.05, 3.63) is 76.6 Å². The van der Waals surface area contributed by atoms with E-state index >= 15 is 0 Å². The van der Waals surface area contributed by atoms with Gasteiger partial charge in [0, 0.05) is 44.3 Å². The van der Waals surface area contributed by atoms with Crippen molar-refractivity contribution in [2.75, 3.05) is 32.7 Å². The number of benzene rings is 1. The molecule has 3 aliphatic rings. The number of rotatable bonds is 5. The third kappa shape index (κ3) is 4.51. The lowest BCUT2D eigenvalue weighted by Crippen LogP contribution is -2.53. The van der Waals surface area contributed by atoms with Crippen LogP contribution in [0.15, 0.2) is 59.3 Å². The zero-order chi connectivity index (χ0) is 25.8. The van der Waals surface area contributed by atoms with E-state index in [2.05, 4.69) is 21.1 Å². The Labute approximate surface area is 220 Å². The molecule has 0 radical (unpaired) electrons. The number of aliphatic hydroxyl groups is 1. The molecule has 2 aliphatic heterocycles. The van der Waals surface area contributed by atoms with Gasteiger partial charge in [-0.1, -0.05) is 17.2 Å². The van der Waals surface area contributed by atoms with Gasteiger partial charge in [-0.15, -0.1) is 0 Å². The van der Waals surface area contributed by atoms with Gasteiger partial charge < -0.3 is 5.11 Å². The highest BCUT2D eigenvalue weighted by molar-refractivity contribution is 7.89. The average Bonchev–Trinajstić information content (AvgIpc) is 3.47. The van der Waals surface area contributed by atoms with E-state index in [1.807, 2.05) is 10.9 Å². The Kier molecular flexibility index (Phi) is 6.20. The highest BCUT2D eigenvalue weighted by Crippen LogP contribution is 2.46. The van der Waals surface area contributed by atoms with Gasteiger partial charge in [0.25, 0.3) is 0 Å². The number of pyridine rings is 1. The predicted octanol–water partition coefficient (Wildman–Crippen LogP) is 3.15. The summed E-state index contributed by atoms with van der Waals surface area (Å²) in [5.41, 5.74) is 3.44. The number of nitrogens with zero attached hydrogens (tertiary/aromatic N) is 5. The van der Waals surface area contributed by atoms with Crippen LogP contribution in [0, 0.1) is 11.2 Å². The standard InChI is InChI=1S/C26H27ClFN5O3S/c27-25-6-5-23(14-29-25)37(35,36)32-10-7-19-11-24-18(13-30-33(24)21-3-1-20(28)2-4-21)12-26(19,17-32)16-31-9-8-22(34)15-31/h1-6,11,13-14,22,34H,7-10,12,15-17H2/t22-,26-/m0/s1. The van der Waals surface area contributed by atoms with Gasteiger partial charge in [-0.25, -0.2) is 22.5 Å². The molecule has 2 aromatic heterocycles. The normalized spacial score (nSPS) is 24.5. The van der Waals surface area contributed by atoms with E-state index in [9.17, 15) is 17.9 Å². The van der Waals surface area contributed by atoms with Crippen LogP contribution in [-0.2, 0) is 16.4 Å². The maximum absolute atomic E-state index is 13.6. The van der Waals surface area contributed by atoms with Gasteiger partial charge in [0.2, 0.25) is 10.0 Å². The Morgan fingerprint density at radius 3 is 2.65 bits per heavy atom. The molecule has 0 spiro atoms. The van der Waals surface area contributed by atoms with Crippen molar-refractivity contribution >= 4 is 27.7 Å². The van der Waals surface area contributed by atoms with Crippen LogP contribution < -0.4 is 0 Å². The molecule has 8 nitrogen and oxygen atoms in total. The molecule has 37 heavy (non-hydrogen) atoms. The van der Waals surface area contributed by atoms with Crippen LogP contribution in [0.1, 0.15) is 24.1 Å². The molecule has 0 unspecified atom stereocenters. The molecule has 4 heterocycles. The van der Waals surface area contributed by atoms with Crippen LogP contribution in [0.5, 0.6) is 0 Å². The molecule has 0 bridgehead atoms. The van der Waals surface area contributed by atoms with Gasteiger partial charge in [0.15, 0.2) is 0 Å². The first-order valence-electron chi connectivity index (χ1n) is 12.3. The Morgan fingerprint density at radius 1 is 1.14 bits per heavy atom. The number of piperidine rings is 1. The Hall–Kier alpha value is -2.63. The molecule has 0 saturated carbocycles. The van der Waals surface area contributed by atoms with Gasteiger partial charge in [0.1, 0.15) is 15.9 Å². The fraction of sp³-hybridized carbons (Fsp3) is 0.385. The smallest absolute Gasteiger partial charge is 0.244 e. The minimum atomic E-state index is -3.77. The minimum Gasteiger partial charge on any atom is -0.392 e. The Bertz CT molecular complexity index is 1460. The van der Waals surface area contributed by atoms with Crippen molar-refractivity contribution in [3.63, 3.8) is 0 Å². The van der Waals surface area contributed by atoms with Crippen molar-refractivity contribution in [1.29, 1.82) is 0 Å². The number of halogens is 2. The fourth-order valence-electron chi connectivity index (χ4n) is 5.88. The molecule has 2 atom stereocenters. The summed E-state index contributed by atoms with van der Waals surface area (Å²) in [4.78, 5) is 6.33. The van der Waals surface area contributed by atoms with E-state index in [1.54, 1.807) is 16.4 Å². The summed E-state index contributed by atoms with van der Waals surface area (Å²) in [5.74, 6) is -0.306. The molecule has 1 aromatic carbocycles. The van der Waals surface area contributed by atoms with Gasteiger partial charge in [-0.3, -0.25) is 4.90 Å². The number of sulfonamides is 1. The topological polar surface area (TPSA) is 91.6 Å². The number of β-amino-alcohol motifs (C(OH)–C–C–N with tert-alkyl or cyclic N) is 1. The SMILES string of the molecule is O=S(=O)(c1ccc(Cl)nc1)N1CCC2=Cc3c(cnn3-c3ccc(F)cc3)C[C@]2(CN2CC[C@H](O)C2)C1. The molecule has 194 valence electrons. The number of fused-ring (bicyclic) bond motifs is 2. The third-order valence-corrected chi connectivity index (χ3v) is 9.75. The summed E-state index contributed by atoms with van der Waals surface area (Å²) >= 11 is 5.89. The number of hydrogen-bond acceptors (Lipinski definition) is 6. The second-order valence-corrected chi connectivity index (χ2v) is 12.5. The lowest BCUT2D eigenvalue weighted by atomic mass is 9.68. The predicted molar refractivity (Wildman–Crippen MR) is 137 cm³/mol. The van der Waals surface area contributed by atoms with Crippen molar-refractivity contribution < 1.29 is 17.9 Å². The maximum Gasteiger partial charge on any atom is 0.244 e. The molecule has 11 heteroatoms. The summed E-state index contributed by atoms with van der Waals surface area (Å²) in [7, 11) is -3.77. The first-order chi connectivity index (χ1) is 17.7. The summed E-state index contributed by atoms with van der Waals surface area (Å²) in [6.45, 7) is 2.65. The van der Waals surface area contributed by atoms with E-state index in [4.69, 9.17) is 11.6 Å². The van der Waals surface area contributed by atoms with Crippen molar-refractivity contribution in [1.82, 2.24) is 24.0 Å². The molecule has 3 aromatic rings. The van der Waals surface area contributed by atoms with E-state index in [-0.39, 0.29) is 22.0 Å². The molecular weight excluding hydrogens is 517 g/mol. The molecule has 2 fully saturated rings. The highest BCUT2D eigenvalue weighted by Gasteiger charge is 2.47. The van der Waals surface area contributed by atoms with Gasteiger partial charge in [-0.2, -0.15) is 9.40 Å². The van der Waals surface area contributed by atoms with Crippen molar-refractivity contribution in [3.8, 4) is 5.69 Å². The lowest BCUT2D eigenvalue weighted by molar-refractivity contribution is 0.126. The summed E-state index contributed by atoms with van der Waals surface area (Å²) in [5, 5.41) is 15.0. The third-order valence-electron chi connectivity index (χ3n) is 7.70. The lowest BCUT2D eigenvalue weighted by Gasteiger charge is -2.47. The largest absolute Gasteiger partial charge is 0.392 e. The van der Waals surface area contributed by atoms with Crippen LogP contribution in [0.3, 0.4) is 0 Å².